The predicted molar refractivity (Wildman–Crippen MR) is 116 cm³/mol. The molecule has 1 aliphatic rings. The van der Waals surface area contributed by atoms with Crippen LogP contribution in [0.5, 0.6) is 0 Å². The molecule has 3 aromatic rings. The van der Waals surface area contributed by atoms with E-state index in [2.05, 4.69) is 64.6 Å². The zero-order valence-corrected chi connectivity index (χ0v) is 17.6. The third-order valence-electron chi connectivity index (χ3n) is 5.76. The number of hydrogen-bond donors (Lipinski definition) is 0. The van der Waals surface area contributed by atoms with E-state index in [0.717, 1.165) is 43.9 Å². The average molecular weight is 406 g/mol. The van der Waals surface area contributed by atoms with Crippen molar-refractivity contribution in [2.45, 2.75) is 39.3 Å². The van der Waals surface area contributed by atoms with Crippen LogP contribution in [0.25, 0.3) is 5.57 Å². The van der Waals surface area contributed by atoms with Gasteiger partial charge in [0.1, 0.15) is 5.82 Å². The van der Waals surface area contributed by atoms with Crippen molar-refractivity contribution >= 4 is 5.57 Å². The first-order valence-corrected chi connectivity index (χ1v) is 10.6. The number of aryl methyl sites for hydroxylation is 2. The fourth-order valence-electron chi connectivity index (χ4n) is 4.21. The van der Waals surface area contributed by atoms with Gasteiger partial charge in [-0.3, -0.25) is 4.90 Å². The first-order chi connectivity index (χ1) is 14.6. The monoisotopic (exact) mass is 405 g/mol. The van der Waals surface area contributed by atoms with Crippen LogP contribution in [0.4, 0.5) is 4.39 Å². The lowest BCUT2D eigenvalue weighted by Gasteiger charge is -2.35. The molecule has 5 nitrogen and oxygen atoms in total. The Morgan fingerprint density at radius 2 is 1.80 bits per heavy atom. The van der Waals surface area contributed by atoms with Crippen LogP contribution in [0.1, 0.15) is 43.3 Å². The SMILES string of the molecule is CC(C)[C@@H](c1nnnn1CCc1ccccc1)N1CC=C(c2ccc(F)cc2)CC1. The molecule has 2 aromatic carbocycles. The van der Waals surface area contributed by atoms with E-state index in [9.17, 15) is 4.39 Å². The standard InChI is InChI=1S/C24H28FN5/c1-18(2)23(24-26-27-28-30(24)17-12-19-6-4-3-5-7-19)29-15-13-21(14-16-29)20-8-10-22(25)11-9-20/h3-11,13,18,23H,12,14-17H2,1-2H3/t23-/m0/s1. The molecule has 0 saturated carbocycles. The van der Waals surface area contributed by atoms with Gasteiger partial charge >= 0.3 is 0 Å². The summed E-state index contributed by atoms with van der Waals surface area (Å²) >= 11 is 0. The zero-order chi connectivity index (χ0) is 20.9. The van der Waals surface area contributed by atoms with Crippen LogP contribution in [0.2, 0.25) is 0 Å². The number of benzene rings is 2. The molecule has 6 heteroatoms. The van der Waals surface area contributed by atoms with Gasteiger partial charge in [0, 0.05) is 19.6 Å². The molecule has 30 heavy (non-hydrogen) atoms. The van der Waals surface area contributed by atoms with E-state index >= 15 is 0 Å². The lowest BCUT2D eigenvalue weighted by atomic mass is 9.95. The molecule has 0 unspecified atom stereocenters. The van der Waals surface area contributed by atoms with E-state index in [1.54, 1.807) is 0 Å². The van der Waals surface area contributed by atoms with Gasteiger partial charge in [0.05, 0.1) is 6.04 Å². The summed E-state index contributed by atoms with van der Waals surface area (Å²) in [5, 5.41) is 12.7. The maximum Gasteiger partial charge on any atom is 0.168 e. The van der Waals surface area contributed by atoms with Crippen molar-refractivity contribution in [3.63, 3.8) is 0 Å². The Morgan fingerprint density at radius 3 is 2.47 bits per heavy atom. The summed E-state index contributed by atoms with van der Waals surface area (Å²) in [6, 6.07) is 17.4. The Morgan fingerprint density at radius 1 is 1.03 bits per heavy atom. The van der Waals surface area contributed by atoms with Crippen LogP contribution in [0.3, 0.4) is 0 Å². The molecule has 0 spiro atoms. The summed E-state index contributed by atoms with van der Waals surface area (Å²) in [6.45, 7) is 6.97. The molecular formula is C24H28FN5. The normalized spacial score (nSPS) is 15.9. The molecule has 0 aliphatic carbocycles. The van der Waals surface area contributed by atoms with E-state index in [0.29, 0.717) is 5.92 Å². The average Bonchev–Trinajstić information content (AvgIpc) is 3.22. The molecule has 0 radical (unpaired) electrons. The van der Waals surface area contributed by atoms with Crippen molar-refractivity contribution in [2.75, 3.05) is 13.1 Å². The summed E-state index contributed by atoms with van der Waals surface area (Å²) in [6.07, 6.45) is 4.09. The van der Waals surface area contributed by atoms with Gasteiger partial charge in [-0.2, -0.15) is 0 Å². The molecule has 156 valence electrons. The molecule has 1 aromatic heterocycles. The highest BCUT2D eigenvalue weighted by Crippen LogP contribution is 2.31. The zero-order valence-electron chi connectivity index (χ0n) is 17.6. The number of hydrogen-bond acceptors (Lipinski definition) is 4. The predicted octanol–water partition coefficient (Wildman–Crippen LogP) is 4.54. The smallest absolute Gasteiger partial charge is 0.168 e. The van der Waals surface area contributed by atoms with Crippen molar-refractivity contribution in [3.8, 4) is 0 Å². The quantitative estimate of drug-likeness (QED) is 0.579. The topological polar surface area (TPSA) is 46.8 Å². The summed E-state index contributed by atoms with van der Waals surface area (Å²) in [4.78, 5) is 2.45. The van der Waals surface area contributed by atoms with Gasteiger partial charge in [0.15, 0.2) is 5.82 Å². The molecule has 0 saturated heterocycles. The molecule has 0 bridgehead atoms. The van der Waals surface area contributed by atoms with Gasteiger partial charge in [-0.1, -0.05) is 62.4 Å². The van der Waals surface area contributed by atoms with E-state index in [1.165, 1.54) is 23.3 Å². The highest BCUT2D eigenvalue weighted by atomic mass is 19.1. The third-order valence-corrected chi connectivity index (χ3v) is 5.76. The minimum atomic E-state index is -0.195. The number of halogens is 1. The molecule has 4 rings (SSSR count). The van der Waals surface area contributed by atoms with Crippen LogP contribution in [-0.4, -0.2) is 38.2 Å². The summed E-state index contributed by atoms with van der Waals surface area (Å²) in [5.41, 5.74) is 3.66. The largest absolute Gasteiger partial charge is 0.289 e. The molecule has 2 heterocycles. The Kier molecular flexibility index (Phi) is 6.33. The Labute approximate surface area is 177 Å². The van der Waals surface area contributed by atoms with E-state index < -0.39 is 0 Å². The second-order valence-electron chi connectivity index (χ2n) is 8.17. The minimum Gasteiger partial charge on any atom is -0.289 e. The summed E-state index contributed by atoms with van der Waals surface area (Å²) < 4.78 is 15.2. The molecule has 1 atom stereocenters. The van der Waals surface area contributed by atoms with Gasteiger partial charge in [-0.15, -0.1) is 5.10 Å². The first-order valence-electron chi connectivity index (χ1n) is 10.6. The Hall–Kier alpha value is -2.86. The third kappa shape index (κ3) is 4.65. The lowest BCUT2D eigenvalue weighted by Crippen LogP contribution is -2.37. The summed E-state index contributed by atoms with van der Waals surface area (Å²) in [5.74, 6) is 1.12. The Balaban J connectivity index is 1.49. The van der Waals surface area contributed by atoms with Gasteiger partial charge in [0.2, 0.25) is 0 Å². The first kappa shape index (κ1) is 20.4. The number of tetrazole rings is 1. The fraction of sp³-hybridized carbons (Fsp3) is 0.375. The van der Waals surface area contributed by atoms with E-state index in [1.807, 2.05) is 22.9 Å². The Bertz CT molecular complexity index is 978. The van der Waals surface area contributed by atoms with Gasteiger partial charge < -0.3 is 0 Å². The van der Waals surface area contributed by atoms with Gasteiger partial charge in [-0.05, 0) is 58.0 Å². The lowest BCUT2D eigenvalue weighted by molar-refractivity contribution is 0.158. The van der Waals surface area contributed by atoms with E-state index in [-0.39, 0.29) is 11.9 Å². The summed E-state index contributed by atoms with van der Waals surface area (Å²) in [7, 11) is 0. The van der Waals surface area contributed by atoms with Crippen LogP contribution in [-0.2, 0) is 13.0 Å². The molecule has 0 amide bonds. The second kappa shape index (κ2) is 9.30. The van der Waals surface area contributed by atoms with Crippen molar-refractivity contribution in [3.05, 3.63) is 83.4 Å². The van der Waals surface area contributed by atoms with Crippen molar-refractivity contribution < 1.29 is 4.39 Å². The minimum absolute atomic E-state index is 0.154. The molecule has 0 fully saturated rings. The van der Waals surface area contributed by atoms with Crippen molar-refractivity contribution in [1.82, 2.24) is 25.1 Å². The van der Waals surface area contributed by atoms with Crippen molar-refractivity contribution in [1.29, 1.82) is 0 Å². The molecule has 1 aliphatic heterocycles. The second-order valence-corrected chi connectivity index (χ2v) is 8.17. The highest BCUT2D eigenvalue weighted by molar-refractivity contribution is 5.66. The van der Waals surface area contributed by atoms with Crippen LogP contribution in [0, 0.1) is 11.7 Å². The van der Waals surface area contributed by atoms with Gasteiger partial charge in [-0.25, -0.2) is 9.07 Å². The highest BCUT2D eigenvalue weighted by Gasteiger charge is 2.30. The fourth-order valence-corrected chi connectivity index (χ4v) is 4.21. The van der Waals surface area contributed by atoms with E-state index in [4.69, 9.17) is 0 Å². The van der Waals surface area contributed by atoms with Crippen LogP contribution >= 0.6 is 0 Å². The maximum atomic E-state index is 13.2. The number of nitrogens with zero attached hydrogens (tertiary/aromatic N) is 5. The molecule has 0 N–H and O–H groups in total. The van der Waals surface area contributed by atoms with Gasteiger partial charge in [0.25, 0.3) is 0 Å². The number of aromatic nitrogens is 4. The van der Waals surface area contributed by atoms with Crippen LogP contribution < -0.4 is 0 Å². The molecular weight excluding hydrogens is 377 g/mol. The van der Waals surface area contributed by atoms with Crippen molar-refractivity contribution in [2.24, 2.45) is 5.92 Å². The maximum absolute atomic E-state index is 13.2. The number of rotatable bonds is 7. The van der Waals surface area contributed by atoms with Crippen LogP contribution in [0.15, 0.2) is 60.7 Å².